The number of pyridine rings is 1. The summed E-state index contributed by atoms with van der Waals surface area (Å²) in [7, 11) is 0. The van der Waals surface area contributed by atoms with Gasteiger partial charge in [-0.15, -0.1) is 0 Å². The Kier molecular flexibility index (Phi) is 3.85. The summed E-state index contributed by atoms with van der Waals surface area (Å²) in [5, 5.41) is 8.48. The van der Waals surface area contributed by atoms with E-state index in [0.29, 0.717) is 6.42 Å². The summed E-state index contributed by atoms with van der Waals surface area (Å²) in [5.41, 5.74) is -0.487. The van der Waals surface area contributed by atoms with Gasteiger partial charge in [-0.1, -0.05) is 6.08 Å². The largest absolute Gasteiger partial charge is 0.416 e. The highest BCUT2D eigenvalue weighted by molar-refractivity contribution is 5.45. The number of alkyl halides is 3. The van der Waals surface area contributed by atoms with Crippen LogP contribution in [0.1, 0.15) is 17.7 Å². The molecule has 0 unspecified atom stereocenters. The quantitative estimate of drug-likeness (QED) is 0.843. The van der Waals surface area contributed by atoms with Crippen molar-refractivity contribution in [2.45, 2.75) is 12.6 Å². The van der Waals surface area contributed by atoms with E-state index in [1.165, 1.54) is 6.08 Å². The molecule has 0 saturated carbocycles. The molecule has 1 heterocycles. The molecule has 0 atom stereocenters. The number of rotatable bonds is 3. The molecule has 1 rings (SSSR count). The Bertz CT molecular complexity index is 347. The van der Waals surface area contributed by atoms with E-state index in [4.69, 9.17) is 5.11 Å². The van der Waals surface area contributed by atoms with Gasteiger partial charge in [0.2, 0.25) is 0 Å². The first-order valence-corrected chi connectivity index (χ1v) is 4.34. The topological polar surface area (TPSA) is 33.1 Å². The normalized spacial score (nSPS) is 12.3. The van der Waals surface area contributed by atoms with Crippen LogP contribution in [0.3, 0.4) is 0 Å². The van der Waals surface area contributed by atoms with E-state index in [1.807, 2.05) is 0 Å². The highest BCUT2D eigenvalue weighted by atomic mass is 19.4. The van der Waals surface area contributed by atoms with Crippen LogP contribution in [0.15, 0.2) is 24.4 Å². The molecular formula is C10H10F3NO. The van der Waals surface area contributed by atoms with Gasteiger partial charge in [0.25, 0.3) is 0 Å². The molecule has 1 aromatic heterocycles. The summed E-state index contributed by atoms with van der Waals surface area (Å²) < 4.78 is 36.8. The molecule has 82 valence electrons. The van der Waals surface area contributed by atoms with E-state index in [-0.39, 0.29) is 12.3 Å². The predicted molar refractivity (Wildman–Crippen MR) is 50.0 cm³/mol. The smallest absolute Gasteiger partial charge is 0.396 e. The highest BCUT2D eigenvalue weighted by Crippen LogP contribution is 2.29. The molecule has 0 fully saturated rings. The average molecular weight is 217 g/mol. The third-order valence-corrected chi connectivity index (χ3v) is 1.69. The first kappa shape index (κ1) is 11.7. The standard InChI is InChI=1S/C10H10F3NO/c11-10(12,13)8-4-5-14-9(7-8)3-1-2-6-15/h1,3-5,7,15H,2,6H2. The van der Waals surface area contributed by atoms with Gasteiger partial charge in [0.15, 0.2) is 0 Å². The zero-order valence-corrected chi connectivity index (χ0v) is 7.83. The molecule has 0 aliphatic carbocycles. The number of aliphatic hydroxyl groups is 1. The van der Waals surface area contributed by atoms with Crippen molar-refractivity contribution in [1.29, 1.82) is 0 Å². The monoisotopic (exact) mass is 217 g/mol. The summed E-state index contributed by atoms with van der Waals surface area (Å²) >= 11 is 0. The molecule has 0 saturated heterocycles. The fraction of sp³-hybridized carbons (Fsp3) is 0.300. The Hall–Kier alpha value is -1.36. The van der Waals surface area contributed by atoms with E-state index in [9.17, 15) is 13.2 Å². The summed E-state index contributed by atoms with van der Waals surface area (Å²) in [4.78, 5) is 3.76. The van der Waals surface area contributed by atoms with Crippen LogP contribution in [-0.4, -0.2) is 16.7 Å². The zero-order chi connectivity index (χ0) is 11.3. The lowest BCUT2D eigenvalue weighted by Crippen LogP contribution is -2.05. The summed E-state index contributed by atoms with van der Waals surface area (Å²) in [5.74, 6) is 0. The van der Waals surface area contributed by atoms with E-state index in [1.54, 1.807) is 6.08 Å². The van der Waals surface area contributed by atoms with E-state index in [2.05, 4.69) is 4.98 Å². The second kappa shape index (κ2) is 4.93. The van der Waals surface area contributed by atoms with Crippen molar-refractivity contribution >= 4 is 6.08 Å². The van der Waals surface area contributed by atoms with Crippen molar-refractivity contribution < 1.29 is 18.3 Å². The Morgan fingerprint density at radius 2 is 2.13 bits per heavy atom. The van der Waals surface area contributed by atoms with Gasteiger partial charge in [0.05, 0.1) is 11.3 Å². The number of aromatic nitrogens is 1. The number of aliphatic hydroxyl groups excluding tert-OH is 1. The zero-order valence-electron chi connectivity index (χ0n) is 7.83. The molecule has 15 heavy (non-hydrogen) atoms. The minimum absolute atomic E-state index is 0.0323. The van der Waals surface area contributed by atoms with E-state index >= 15 is 0 Å². The Morgan fingerprint density at radius 3 is 2.73 bits per heavy atom. The number of halogens is 3. The third-order valence-electron chi connectivity index (χ3n) is 1.69. The average Bonchev–Trinajstić information content (AvgIpc) is 2.17. The summed E-state index contributed by atoms with van der Waals surface area (Å²) in [6, 6.07) is 1.89. The fourth-order valence-electron chi connectivity index (χ4n) is 0.994. The minimum Gasteiger partial charge on any atom is -0.396 e. The molecule has 5 heteroatoms. The van der Waals surface area contributed by atoms with Crippen LogP contribution in [0.25, 0.3) is 6.08 Å². The van der Waals surface area contributed by atoms with Crippen LogP contribution in [0, 0.1) is 0 Å². The van der Waals surface area contributed by atoms with Crippen molar-refractivity contribution in [2.75, 3.05) is 6.61 Å². The molecular weight excluding hydrogens is 207 g/mol. The number of hydrogen-bond acceptors (Lipinski definition) is 2. The van der Waals surface area contributed by atoms with Gasteiger partial charge in [0, 0.05) is 12.8 Å². The van der Waals surface area contributed by atoms with Gasteiger partial charge >= 0.3 is 6.18 Å². The molecule has 0 aromatic carbocycles. The molecule has 1 N–H and O–H groups in total. The molecule has 0 bridgehead atoms. The SMILES string of the molecule is OCCC=Cc1cc(C(F)(F)F)ccn1. The van der Waals surface area contributed by atoms with E-state index in [0.717, 1.165) is 18.3 Å². The van der Waals surface area contributed by atoms with E-state index < -0.39 is 11.7 Å². The molecule has 1 aromatic rings. The van der Waals surface area contributed by atoms with Crippen molar-refractivity contribution in [3.63, 3.8) is 0 Å². The number of hydrogen-bond donors (Lipinski definition) is 1. The Balaban J connectivity index is 2.84. The minimum atomic E-state index is -4.34. The van der Waals surface area contributed by atoms with Crippen LogP contribution in [0.2, 0.25) is 0 Å². The third kappa shape index (κ3) is 3.71. The second-order valence-corrected chi connectivity index (χ2v) is 2.88. The van der Waals surface area contributed by atoms with Gasteiger partial charge in [-0.3, -0.25) is 4.98 Å². The Morgan fingerprint density at radius 1 is 1.40 bits per heavy atom. The maximum atomic E-state index is 12.3. The summed E-state index contributed by atoms with van der Waals surface area (Å²) in [6.07, 6.45) is 0.190. The molecule has 2 nitrogen and oxygen atoms in total. The van der Waals surface area contributed by atoms with Crippen molar-refractivity contribution in [3.8, 4) is 0 Å². The maximum absolute atomic E-state index is 12.3. The lowest BCUT2D eigenvalue weighted by Gasteiger charge is -2.05. The molecule has 0 amide bonds. The first-order chi connectivity index (χ1) is 7.04. The Labute approximate surface area is 85.1 Å². The van der Waals surface area contributed by atoms with Crippen molar-refractivity contribution in [3.05, 3.63) is 35.7 Å². The molecule has 0 aliphatic heterocycles. The predicted octanol–water partition coefficient (Wildman–Crippen LogP) is 2.50. The second-order valence-electron chi connectivity index (χ2n) is 2.88. The van der Waals surface area contributed by atoms with Gasteiger partial charge in [-0.25, -0.2) is 0 Å². The van der Waals surface area contributed by atoms with Crippen molar-refractivity contribution in [2.24, 2.45) is 0 Å². The van der Waals surface area contributed by atoms with Gasteiger partial charge in [0.1, 0.15) is 0 Å². The lowest BCUT2D eigenvalue weighted by molar-refractivity contribution is -0.137. The highest BCUT2D eigenvalue weighted by Gasteiger charge is 2.30. The van der Waals surface area contributed by atoms with Crippen molar-refractivity contribution in [1.82, 2.24) is 4.98 Å². The molecule has 0 spiro atoms. The van der Waals surface area contributed by atoms with Crippen LogP contribution < -0.4 is 0 Å². The maximum Gasteiger partial charge on any atom is 0.416 e. The molecule has 0 radical (unpaired) electrons. The van der Waals surface area contributed by atoms with Crippen LogP contribution in [-0.2, 0) is 6.18 Å². The van der Waals surface area contributed by atoms with Gasteiger partial charge in [-0.05, 0) is 24.6 Å². The number of nitrogens with zero attached hydrogens (tertiary/aromatic N) is 1. The van der Waals surface area contributed by atoms with Crippen LogP contribution >= 0.6 is 0 Å². The van der Waals surface area contributed by atoms with Crippen LogP contribution in [0.5, 0.6) is 0 Å². The summed E-state index contributed by atoms with van der Waals surface area (Å²) in [6.45, 7) is -0.0323. The first-order valence-electron chi connectivity index (χ1n) is 4.34. The lowest BCUT2D eigenvalue weighted by atomic mass is 10.2. The fourth-order valence-corrected chi connectivity index (χ4v) is 0.994. The van der Waals surface area contributed by atoms with Gasteiger partial charge in [-0.2, -0.15) is 13.2 Å². The van der Waals surface area contributed by atoms with Gasteiger partial charge < -0.3 is 5.11 Å². The van der Waals surface area contributed by atoms with Crippen LogP contribution in [0.4, 0.5) is 13.2 Å². The molecule has 0 aliphatic rings.